The Morgan fingerprint density at radius 3 is 3.00 bits per heavy atom. The first kappa shape index (κ1) is 12.4. The molecule has 0 spiro atoms. The second kappa shape index (κ2) is 5.06. The summed E-state index contributed by atoms with van der Waals surface area (Å²) in [5.41, 5.74) is 6.03. The van der Waals surface area contributed by atoms with Crippen molar-refractivity contribution in [3.63, 3.8) is 0 Å². The topological polar surface area (TPSA) is 59.5 Å². The number of carbonyl (C=O) groups is 1. The molecule has 0 aliphatic carbocycles. The molecule has 0 bridgehead atoms. The van der Waals surface area contributed by atoms with Crippen molar-refractivity contribution >= 4 is 34.7 Å². The Labute approximate surface area is 110 Å². The van der Waals surface area contributed by atoms with E-state index in [9.17, 15) is 4.79 Å². The van der Waals surface area contributed by atoms with Crippen LogP contribution in [0.4, 0.5) is 0 Å². The lowest BCUT2D eigenvalue weighted by molar-refractivity contribution is 0.0703. The quantitative estimate of drug-likeness (QED) is 0.838. The maximum absolute atomic E-state index is 12.1. The van der Waals surface area contributed by atoms with Gasteiger partial charge in [-0.3, -0.25) is 4.79 Å². The molecular formula is C11H13ClN2O2S. The zero-order chi connectivity index (χ0) is 12.4. The summed E-state index contributed by atoms with van der Waals surface area (Å²) in [7, 11) is 0. The van der Waals surface area contributed by atoms with Gasteiger partial charge >= 0.3 is 0 Å². The van der Waals surface area contributed by atoms with Gasteiger partial charge < -0.3 is 15.1 Å². The minimum atomic E-state index is -0.121. The van der Waals surface area contributed by atoms with E-state index in [0.717, 1.165) is 12.8 Å². The van der Waals surface area contributed by atoms with E-state index in [1.54, 1.807) is 11.0 Å². The molecule has 1 aliphatic heterocycles. The summed E-state index contributed by atoms with van der Waals surface area (Å²) in [4.78, 5) is 14.3. The standard InChI is InChI=1S/C11H13ClN2O2S/c12-9-8(3-5-16-9)11(15)14-4-1-2-7(6-14)10(13)17/h3,5,7H,1-2,4,6H2,(H2,13,17). The number of rotatable bonds is 2. The summed E-state index contributed by atoms with van der Waals surface area (Å²) in [6, 6.07) is 1.58. The molecule has 17 heavy (non-hydrogen) atoms. The number of halogens is 1. The maximum Gasteiger partial charge on any atom is 0.258 e. The summed E-state index contributed by atoms with van der Waals surface area (Å²) >= 11 is 10.8. The van der Waals surface area contributed by atoms with Crippen molar-refractivity contribution in [3.8, 4) is 0 Å². The van der Waals surface area contributed by atoms with Crippen LogP contribution in [0.3, 0.4) is 0 Å². The van der Waals surface area contributed by atoms with Gasteiger partial charge in [0.1, 0.15) is 0 Å². The van der Waals surface area contributed by atoms with Crippen molar-refractivity contribution in [3.05, 3.63) is 23.1 Å². The third kappa shape index (κ3) is 2.61. The van der Waals surface area contributed by atoms with Crippen LogP contribution in [0.15, 0.2) is 16.7 Å². The monoisotopic (exact) mass is 272 g/mol. The summed E-state index contributed by atoms with van der Waals surface area (Å²) < 4.78 is 4.92. The molecule has 0 saturated carbocycles. The number of carbonyl (C=O) groups excluding carboxylic acids is 1. The van der Waals surface area contributed by atoms with Crippen LogP contribution in [0, 0.1) is 5.92 Å². The number of thiocarbonyl (C=S) groups is 1. The summed E-state index contributed by atoms with van der Waals surface area (Å²) in [6.07, 6.45) is 3.26. The number of piperidine rings is 1. The smallest absolute Gasteiger partial charge is 0.258 e. The van der Waals surface area contributed by atoms with Crippen molar-refractivity contribution in [1.29, 1.82) is 0 Å². The van der Waals surface area contributed by atoms with Crippen LogP contribution in [-0.4, -0.2) is 28.9 Å². The van der Waals surface area contributed by atoms with Gasteiger partial charge in [0.15, 0.2) is 0 Å². The summed E-state index contributed by atoms with van der Waals surface area (Å²) in [5, 5.41) is 0.132. The fraction of sp³-hybridized carbons (Fsp3) is 0.455. The molecule has 1 saturated heterocycles. The SMILES string of the molecule is NC(=S)C1CCCN(C(=O)c2ccoc2Cl)C1. The molecule has 2 N–H and O–H groups in total. The molecule has 0 aromatic carbocycles. The Kier molecular flexibility index (Phi) is 3.69. The van der Waals surface area contributed by atoms with Gasteiger partial charge in [-0.15, -0.1) is 0 Å². The zero-order valence-electron chi connectivity index (χ0n) is 9.19. The molecule has 1 atom stereocenters. The Bertz CT molecular complexity index is 446. The largest absolute Gasteiger partial charge is 0.452 e. The van der Waals surface area contributed by atoms with Gasteiger partial charge in [0.05, 0.1) is 16.8 Å². The van der Waals surface area contributed by atoms with E-state index < -0.39 is 0 Å². The second-order valence-corrected chi connectivity index (χ2v) is 4.92. The number of nitrogens with zero attached hydrogens (tertiary/aromatic N) is 1. The van der Waals surface area contributed by atoms with Crippen LogP contribution >= 0.6 is 23.8 Å². The minimum Gasteiger partial charge on any atom is -0.452 e. The first-order valence-corrected chi connectivity index (χ1v) is 6.20. The van der Waals surface area contributed by atoms with Crippen LogP contribution in [-0.2, 0) is 0 Å². The maximum atomic E-state index is 12.1. The van der Waals surface area contributed by atoms with E-state index in [0.29, 0.717) is 23.6 Å². The van der Waals surface area contributed by atoms with Crippen molar-refractivity contribution in [2.24, 2.45) is 11.7 Å². The molecule has 0 radical (unpaired) electrons. The van der Waals surface area contributed by atoms with Crippen molar-refractivity contribution < 1.29 is 9.21 Å². The third-order valence-electron chi connectivity index (χ3n) is 2.96. The van der Waals surface area contributed by atoms with Crippen molar-refractivity contribution in [2.45, 2.75) is 12.8 Å². The first-order valence-electron chi connectivity index (χ1n) is 5.41. The van der Waals surface area contributed by atoms with E-state index in [1.807, 2.05) is 0 Å². The third-order valence-corrected chi connectivity index (χ3v) is 3.59. The molecule has 6 heteroatoms. The first-order chi connectivity index (χ1) is 8.09. The number of hydrogen-bond donors (Lipinski definition) is 1. The van der Waals surface area contributed by atoms with E-state index in [1.165, 1.54) is 6.26 Å². The van der Waals surface area contributed by atoms with Crippen LogP contribution < -0.4 is 5.73 Å². The van der Waals surface area contributed by atoms with Gasteiger partial charge in [-0.05, 0) is 30.5 Å². The van der Waals surface area contributed by atoms with Crippen LogP contribution in [0.2, 0.25) is 5.22 Å². The molecular weight excluding hydrogens is 260 g/mol. The van der Waals surface area contributed by atoms with E-state index in [4.69, 9.17) is 34.0 Å². The molecule has 1 unspecified atom stereocenters. The zero-order valence-corrected chi connectivity index (χ0v) is 10.8. The highest BCUT2D eigenvalue weighted by Crippen LogP contribution is 2.23. The highest BCUT2D eigenvalue weighted by molar-refractivity contribution is 7.80. The van der Waals surface area contributed by atoms with Crippen LogP contribution in [0.1, 0.15) is 23.2 Å². The molecule has 4 nitrogen and oxygen atoms in total. The predicted octanol–water partition coefficient (Wildman–Crippen LogP) is 2.07. The average Bonchev–Trinajstić information content (AvgIpc) is 2.74. The number of hydrogen-bond acceptors (Lipinski definition) is 3. The molecule has 92 valence electrons. The highest BCUT2D eigenvalue weighted by Gasteiger charge is 2.27. The summed E-state index contributed by atoms with van der Waals surface area (Å²) in [5.74, 6) is -0.0157. The Morgan fingerprint density at radius 2 is 2.41 bits per heavy atom. The molecule has 1 amide bonds. The van der Waals surface area contributed by atoms with Gasteiger partial charge in [0.2, 0.25) is 5.22 Å². The molecule has 1 aromatic heterocycles. The van der Waals surface area contributed by atoms with Crippen molar-refractivity contribution in [1.82, 2.24) is 4.90 Å². The van der Waals surface area contributed by atoms with Gasteiger partial charge in [0.25, 0.3) is 5.91 Å². The number of furan rings is 1. The average molecular weight is 273 g/mol. The molecule has 1 fully saturated rings. The van der Waals surface area contributed by atoms with Gasteiger partial charge in [-0.2, -0.15) is 0 Å². The van der Waals surface area contributed by atoms with Gasteiger partial charge in [0, 0.05) is 19.0 Å². The number of nitrogens with two attached hydrogens (primary N) is 1. The lowest BCUT2D eigenvalue weighted by atomic mass is 9.98. The lowest BCUT2D eigenvalue weighted by Crippen LogP contribution is -2.43. The normalized spacial score (nSPS) is 20.3. The fourth-order valence-electron chi connectivity index (χ4n) is 2.01. The van der Waals surface area contributed by atoms with Crippen LogP contribution in [0.25, 0.3) is 0 Å². The minimum absolute atomic E-state index is 0.105. The molecule has 1 aliphatic rings. The Hall–Kier alpha value is -1.07. The molecule has 2 rings (SSSR count). The molecule has 2 heterocycles. The van der Waals surface area contributed by atoms with E-state index in [-0.39, 0.29) is 17.0 Å². The van der Waals surface area contributed by atoms with E-state index in [2.05, 4.69) is 0 Å². The molecule has 1 aromatic rings. The van der Waals surface area contributed by atoms with Gasteiger partial charge in [-0.1, -0.05) is 12.2 Å². The second-order valence-electron chi connectivity index (χ2n) is 4.10. The number of likely N-dealkylation sites (tertiary alicyclic amines) is 1. The summed E-state index contributed by atoms with van der Waals surface area (Å²) in [6.45, 7) is 1.27. The Balaban J connectivity index is 2.10. The fourth-order valence-corrected chi connectivity index (χ4v) is 2.40. The van der Waals surface area contributed by atoms with E-state index >= 15 is 0 Å². The lowest BCUT2D eigenvalue weighted by Gasteiger charge is -2.32. The van der Waals surface area contributed by atoms with Crippen molar-refractivity contribution in [2.75, 3.05) is 13.1 Å². The number of amides is 1. The van der Waals surface area contributed by atoms with Crippen LogP contribution in [0.5, 0.6) is 0 Å². The van der Waals surface area contributed by atoms with Gasteiger partial charge in [-0.25, -0.2) is 0 Å². The predicted molar refractivity (Wildman–Crippen MR) is 69.1 cm³/mol. The highest BCUT2D eigenvalue weighted by atomic mass is 35.5. The Morgan fingerprint density at radius 1 is 1.65 bits per heavy atom.